The first-order valence-corrected chi connectivity index (χ1v) is 7.39. The molecule has 0 bridgehead atoms. The van der Waals surface area contributed by atoms with E-state index in [0.717, 1.165) is 5.39 Å². The summed E-state index contributed by atoms with van der Waals surface area (Å²) in [5, 5.41) is 1.40. The van der Waals surface area contributed by atoms with E-state index in [0.29, 0.717) is 8.96 Å². The first-order valence-electron chi connectivity index (χ1n) is 4.90. The van der Waals surface area contributed by atoms with Crippen molar-refractivity contribution in [3.05, 3.63) is 40.0 Å². The van der Waals surface area contributed by atoms with Crippen molar-refractivity contribution in [2.75, 3.05) is 0 Å². The van der Waals surface area contributed by atoms with E-state index in [-0.39, 0.29) is 5.75 Å². The van der Waals surface area contributed by atoms with Crippen LogP contribution in [0, 0.1) is 3.57 Å². The highest BCUT2D eigenvalue weighted by Crippen LogP contribution is 2.33. The van der Waals surface area contributed by atoms with Gasteiger partial charge in [-0.3, -0.25) is 0 Å². The Bertz CT molecular complexity index is 726. The number of hydrogen-bond acceptors (Lipinski definition) is 3. The number of alkyl halides is 3. The molecule has 19 heavy (non-hydrogen) atoms. The van der Waals surface area contributed by atoms with E-state index in [1.54, 1.807) is 46.9 Å². The minimum atomic E-state index is -5.65. The lowest BCUT2D eigenvalue weighted by molar-refractivity contribution is -0.0500. The van der Waals surface area contributed by atoms with Gasteiger partial charge >= 0.3 is 15.6 Å². The van der Waals surface area contributed by atoms with Crippen LogP contribution in [0.2, 0.25) is 0 Å². The Hall–Kier alpha value is -1.03. The number of hydrogen-bond donors (Lipinski definition) is 0. The summed E-state index contributed by atoms with van der Waals surface area (Å²) in [6.45, 7) is 0. The standard InChI is InChI=1S/C11H6F3IO3S/c12-11(13,14)19(16,17)18-9-6-5-7-3-1-2-4-8(7)10(9)15/h1-6H. The van der Waals surface area contributed by atoms with E-state index in [4.69, 9.17) is 0 Å². The minimum absolute atomic E-state index is 0.309. The molecule has 0 unspecified atom stereocenters. The summed E-state index contributed by atoms with van der Waals surface area (Å²) in [5.74, 6) is -0.336. The third-order valence-corrected chi connectivity index (χ3v) is 4.39. The maximum atomic E-state index is 12.2. The van der Waals surface area contributed by atoms with Crippen LogP contribution >= 0.6 is 22.6 Å². The molecular formula is C11H6F3IO3S. The Balaban J connectivity index is 2.51. The van der Waals surface area contributed by atoms with Crippen molar-refractivity contribution in [3.63, 3.8) is 0 Å². The highest BCUT2D eigenvalue weighted by Gasteiger charge is 2.48. The number of fused-ring (bicyclic) bond motifs is 1. The number of benzene rings is 2. The van der Waals surface area contributed by atoms with Crippen LogP contribution in [0.4, 0.5) is 13.2 Å². The van der Waals surface area contributed by atoms with Crippen molar-refractivity contribution in [1.29, 1.82) is 0 Å². The monoisotopic (exact) mass is 402 g/mol. The lowest BCUT2D eigenvalue weighted by atomic mass is 10.1. The van der Waals surface area contributed by atoms with Gasteiger partial charge in [-0.05, 0) is 39.4 Å². The summed E-state index contributed by atoms with van der Waals surface area (Å²) in [6.07, 6.45) is 0. The first kappa shape index (κ1) is 14.4. The lowest BCUT2D eigenvalue weighted by Gasteiger charge is -2.11. The van der Waals surface area contributed by atoms with Gasteiger partial charge in [-0.15, -0.1) is 0 Å². The topological polar surface area (TPSA) is 43.4 Å². The van der Waals surface area contributed by atoms with Crippen molar-refractivity contribution in [2.45, 2.75) is 5.51 Å². The highest BCUT2D eigenvalue weighted by atomic mass is 127. The van der Waals surface area contributed by atoms with Gasteiger partial charge in [0.1, 0.15) is 0 Å². The average molecular weight is 402 g/mol. The largest absolute Gasteiger partial charge is 0.534 e. The second-order valence-corrected chi connectivity index (χ2v) is 6.20. The third kappa shape index (κ3) is 2.78. The second kappa shape index (κ2) is 4.82. The van der Waals surface area contributed by atoms with Crippen LogP contribution in [0.5, 0.6) is 5.75 Å². The molecule has 0 aliphatic carbocycles. The maximum absolute atomic E-state index is 12.2. The molecule has 0 radical (unpaired) electrons. The van der Waals surface area contributed by atoms with Gasteiger partial charge < -0.3 is 4.18 Å². The fourth-order valence-electron chi connectivity index (χ4n) is 1.44. The van der Waals surface area contributed by atoms with Crippen molar-refractivity contribution >= 4 is 43.5 Å². The van der Waals surface area contributed by atoms with Gasteiger partial charge in [-0.2, -0.15) is 21.6 Å². The van der Waals surface area contributed by atoms with Crippen molar-refractivity contribution in [3.8, 4) is 5.75 Å². The zero-order valence-corrected chi connectivity index (χ0v) is 12.1. The second-order valence-electron chi connectivity index (χ2n) is 3.58. The van der Waals surface area contributed by atoms with Crippen LogP contribution in [0.3, 0.4) is 0 Å². The zero-order valence-electron chi connectivity index (χ0n) is 9.11. The molecule has 2 aromatic carbocycles. The molecule has 0 saturated heterocycles. The molecule has 0 aromatic heterocycles. The Labute approximate surface area is 120 Å². The van der Waals surface area contributed by atoms with Crippen LogP contribution in [-0.2, 0) is 10.1 Å². The van der Waals surface area contributed by atoms with Gasteiger partial charge in [0.05, 0.1) is 3.57 Å². The van der Waals surface area contributed by atoms with Gasteiger partial charge in [-0.1, -0.05) is 30.3 Å². The van der Waals surface area contributed by atoms with Crippen molar-refractivity contribution in [1.82, 2.24) is 0 Å². The molecule has 0 aliphatic heterocycles. The number of rotatable bonds is 2. The summed E-state index contributed by atoms with van der Waals surface area (Å²) in [7, 11) is -5.65. The molecule has 8 heteroatoms. The van der Waals surface area contributed by atoms with E-state index in [1.165, 1.54) is 12.1 Å². The molecule has 2 rings (SSSR count). The molecular weight excluding hydrogens is 396 g/mol. The van der Waals surface area contributed by atoms with E-state index >= 15 is 0 Å². The molecule has 102 valence electrons. The van der Waals surface area contributed by atoms with Crippen LogP contribution < -0.4 is 4.18 Å². The predicted molar refractivity (Wildman–Crippen MR) is 72.3 cm³/mol. The predicted octanol–water partition coefficient (Wildman–Crippen LogP) is 3.67. The van der Waals surface area contributed by atoms with Gasteiger partial charge in [0.15, 0.2) is 5.75 Å². The normalized spacial score (nSPS) is 12.6. The molecule has 0 N–H and O–H groups in total. The maximum Gasteiger partial charge on any atom is 0.534 e. The summed E-state index contributed by atoms with van der Waals surface area (Å²) in [5.41, 5.74) is -5.44. The van der Waals surface area contributed by atoms with Crippen LogP contribution in [-0.4, -0.2) is 13.9 Å². The quantitative estimate of drug-likeness (QED) is 0.438. The van der Waals surface area contributed by atoms with E-state index < -0.39 is 15.6 Å². The molecule has 0 amide bonds. The highest BCUT2D eigenvalue weighted by molar-refractivity contribution is 14.1. The third-order valence-electron chi connectivity index (χ3n) is 2.31. The van der Waals surface area contributed by atoms with Crippen LogP contribution in [0.1, 0.15) is 0 Å². The first-order chi connectivity index (χ1) is 8.72. The Morgan fingerprint density at radius 1 is 1.05 bits per heavy atom. The fourth-order valence-corrected chi connectivity index (χ4v) is 2.84. The smallest absolute Gasteiger partial charge is 0.375 e. The van der Waals surface area contributed by atoms with Gasteiger partial charge in [0, 0.05) is 0 Å². The molecule has 0 atom stereocenters. The van der Waals surface area contributed by atoms with E-state index in [9.17, 15) is 21.6 Å². The van der Waals surface area contributed by atoms with Crippen LogP contribution in [0.15, 0.2) is 36.4 Å². The van der Waals surface area contributed by atoms with Gasteiger partial charge in [0.25, 0.3) is 0 Å². The SMILES string of the molecule is O=S(=O)(Oc1ccc2ccccc2c1I)C(F)(F)F. The van der Waals surface area contributed by atoms with E-state index in [1.807, 2.05) is 0 Å². The zero-order chi connectivity index (χ0) is 14.3. The summed E-state index contributed by atoms with van der Waals surface area (Å²) >= 11 is 1.75. The summed E-state index contributed by atoms with van der Waals surface area (Å²) in [4.78, 5) is 0. The van der Waals surface area contributed by atoms with Crippen molar-refractivity contribution < 1.29 is 25.8 Å². The molecule has 0 heterocycles. The average Bonchev–Trinajstić information content (AvgIpc) is 2.31. The Morgan fingerprint density at radius 2 is 1.68 bits per heavy atom. The van der Waals surface area contributed by atoms with Gasteiger partial charge in [0.2, 0.25) is 0 Å². The fraction of sp³-hybridized carbons (Fsp3) is 0.0909. The molecule has 0 saturated carbocycles. The molecule has 0 aliphatic rings. The van der Waals surface area contributed by atoms with Crippen molar-refractivity contribution in [2.24, 2.45) is 0 Å². The molecule has 0 fully saturated rings. The minimum Gasteiger partial charge on any atom is -0.375 e. The van der Waals surface area contributed by atoms with E-state index in [2.05, 4.69) is 4.18 Å². The number of halogens is 4. The summed E-state index contributed by atoms with van der Waals surface area (Å²) in [6, 6.07) is 9.60. The summed E-state index contributed by atoms with van der Waals surface area (Å²) < 4.78 is 63.1. The lowest BCUT2D eigenvalue weighted by Crippen LogP contribution is -2.28. The Morgan fingerprint density at radius 3 is 2.32 bits per heavy atom. The Kier molecular flexibility index (Phi) is 3.65. The molecule has 2 aromatic rings. The molecule has 0 spiro atoms. The van der Waals surface area contributed by atoms with Gasteiger partial charge in [-0.25, -0.2) is 0 Å². The molecule has 3 nitrogen and oxygen atoms in total. The van der Waals surface area contributed by atoms with Crippen LogP contribution in [0.25, 0.3) is 10.8 Å².